The van der Waals surface area contributed by atoms with Crippen LogP contribution in [0.25, 0.3) is 0 Å². The molecule has 0 fully saturated rings. The largest absolute Gasteiger partial charge is 0.395 e. The number of hydrogen-bond donors (Lipinski definition) is 2. The Balaban J connectivity index is 4.20. The second kappa shape index (κ2) is 5.82. The van der Waals surface area contributed by atoms with Gasteiger partial charge < -0.3 is 5.11 Å². The topological polar surface area (TPSA) is 66.4 Å². The highest BCUT2D eigenvalue weighted by molar-refractivity contribution is 7.89. The Kier molecular flexibility index (Phi) is 5.77. The lowest BCUT2D eigenvalue weighted by Gasteiger charge is -2.19. The molecule has 0 rings (SSSR count). The van der Waals surface area contributed by atoms with Crippen molar-refractivity contribution in [1.82, 2.24) is 4.72 Å². The third-order valence-corrected chi connectivity index (χ3v) is 3.61. The molecule has 0 bridgehead atoms. The van der Waals surface area contributed by atoms with Gasteiger partial charge in [-0.25, -0.2) is 13.1 Å². The molecule has 0 aliphatic rings. The van der Waals surface area contributed by atoms with Gasteiger partial charge in [-0.15, -0.1) is 0 Å². The highest BCUT2D eigenvalue weighted by atomic mass is 32.2. The van der Waals surface area contributed by atoms with Crippen LogP contribution in [-0.4, -0.2) is 31.9 Å². The van der Waals surface area contributed by atoms with Gasteiger partial charge in [0.15, 0.2) is 0 Å². The van der Waals surface area contributed by atoms with E-state index in [0.29, 0.717) is 12.8 Å². The van der Waals surface area contributed by atoms with E-state index in [4.69, 9.17) is 5.11 Å². The fourth-order valence-corrected chi connectivity index (χ4v) is 2.75. The normalized spacial score (nSPS) is 15.3. The number of aliphatic hydroxyl groups is 1. The van der Waals surface area contributed by atoms with Gasteiger partial charge in [-0.05, 0) is 18.3 Å². The van der Waals surface area contributed by atoms with E-state index in [1.807, 2.05) is 27.7 Å². The highest BCUT2D eigenvalue weighted by Crippen LogP contribution is 2.18. The summed E-state index contributed by atoms with van der Waals surface area (Å²) in [6.07, 6.45) is 1.22. The number of nitrogens with one attached hydrogen (secondary N) is 1. The first kappa shape index (κ1) is 14.9. The molecule has 0 aromatic heterocycles. The molecular weight excluding hydrogens is 214 g/mol. The maximum atomic E-state index is 11.6. The second-order valence-electron chi connectivity index (χ2n) is 5.04. The third-order valence-electron chi connectivity index (χ3n) is 2.18. The molecule has 1 atom stereocenters. The molecular formula is C10H23NO3S. The minimum atomic E-state index is -3.25. The number of hydrogen-bond acceptors (Lipinski definition) is 3. The number of sulfonamides is 1. The van der Waals surface area contributed by atoms with Crippen LogP contribution in [0.15, 0.2) is 0 Å². The van der Waals surface area contributed by atoms with Crippen molar-refractivity contribution in [1.29, 1.82) is 0 Å². The SMILES string of the molecule is CCC(CO)NS(=O)(=O)CCC(C)(C)C. The molecule has 1 unspecified atom stereocenters. The summed E-state index contributed by atoms with van der Waals surface area (Å²) < 4.78 is 25.7. The molecule has 4 nitrogen and oxygen atoms in total. The Morgan fingerprint density at radius 3 is 2.20 bits per heavy atom. The standard InChI is InChI=1S/C10H23NO3S/c1-5-9(8-12)11-15(13,14)7-6-10(2,3)4/h9,11-12H,5-8H2,1-4H3. The monoisotopic (exact) mass is 237 g/mol. The van der Waals surface area contributed by atoms with Crippen LogP contribution in [0.5, 0.6) is 0 Å². The molecule has 2 N–H and O–H groups in total. The molecule has 0 heterocycles. The second-order valence-corrected chi connectivity index (χ2v) is 6.91. The van der Waals surface area contributed by atoms with Crippen LogP contribution < -0.4 is 4.72 Å². The van der Waals surface area contributed by atoms with E-state index in [2.05, 4.69) is 4.72 Å². The predicted molar refractivity (Wildman–Crippen MR) is 62.2 cm³/mol. The summed E-state index contributed by atoms with van der Waals surface area (Å²) in [6.45, 7) is 7.71. The quantitative estimate of drug-likeness (QED) is 0.727. The molecule has 0 aliphatic heterocycles. The van der Waals surface area contributed by atoms with Gasteiger partial charge in [-0.1, -0.05) is 27.7 Å². The van der Waals surface area contributed by atoms with Gasteiger partial charge in [-0.3, -0.25) is 0 Å². The van der Waals surface area contributed by atoms with Gasteiger partial charge >= 0.3 is 0 Å². The van der Waals surface area contributed by atoms with Gasteiger partial charge in [0.2, 0.25) is 10.0 Å². The van der Waals surface area contributed by atoms with E-state index in [9.17, 15) is 8.42 Å². The zero-order valence-corrected chi connectivity index (χ0v) is 10.9. The maximum Gasteiger partial charge on any atom is 0.211 e. The molecule has 0 amide bonds. The Hall–Kier alpha value is -0.130. The van der Waals surface area contributed by atoms with Gasteiger partial charge in [0, 0.05) is 6.04 Å². The van der Waals surface area contributed by atoms with E-state index >= 15 is 0 Å². The first-order chi connectivity index (χ1) is 6.70. The highest BCUT2D eigenvalue weighted by Gasteiger charge is 2.19. The Labute approximate surface area is 93.1 Å². The number of aliphatic hydroxyl groups excluding tert-OH is 1. The molecule has 0 radical (unpaired) electrons. The average molecular weight is 237 g/mol. The lowest BCUT2D eigenvalue weighted by Crippen LogP contribution is -2.38. The van der Waals surface area contributed by atoms with Crippen molar-refractivity contribution in [2.24, 2.45) is 5.41 Å². The molecule has 92 valence electrons. The molecule has 0 aromatic rings. The summed E-state index contributed by atoms with van der Waals surface area (Å²) in [5.41, 5.74) is 0.00960. The van der Waals surface area contributed by atoms with E-state index in [1.165, 1.54) is 0 Å². The van der Waals surface area contributed by atoms with E-state index in [-0.39, 0.29) is 23.8 Å². The third kappa shape index (κ3) is 7.76. The van der Waals surface area contributed by atoms with Crippen molar-refractivity contribution in [2.45, 2.75) is 46.6 Å². The predicted octanol–water partition coefficient (Wildman–Crippen LogP) is 1.11. The molecule has 5 heteroatoms. The molecule has 0 aromatic carbocycles. The summed E-state index contributed by atoms with van der Waals surface area (Å²) in [7, 11) is -3.25. The zero-order valence-electron chi connectivity index (χ0n) is 10.1. The van der Waals surface area contributed by atoms with Gasteiger partial charge in [-0.2, -0.15) is 0 Å². The number of rotatable bonds is 6. The van der Waals surface area contributed by atoms with Crippen molar-refractivity contribution in [3.05, 3.63) is 0 Å². The van der Waals surface area contributed by atoms with Crippen LogP contribution in [0.3, 0.4) is 0 Å². The van der Waals surface area contributed by atoms with Crippen LogP contribution >= 0.6 is 0 Å². The van der Waals surface area contributed by atoms with Crippen LogP contribution in [0.4, 0.5) is 0 Å². The summed E-state index contributed by atoms with van der Waals surface area (Å²) in [5, 5.41) is 8.89. The zero-order chi connectivity index (χ0) is 12.1. The lowest BCUT2D eigenvalue weighted by atomic mass is 9.94. The van der Waals surface area contributed by atoms with Gasteiger partial charge in [0.1, 0.15) is 0 Å². The van der Waals surface area contributed by atoms with Crippen molar-refractivity contribution in [2.75, 3.05) is 12.4 Å². The molecule has 0 saturated heterocycles. The van der Waals surface area contributed by atoms with Crippen molar-refractivity contribution in [3.8, 4) is 0 Å². The van der Waals surface area contributed by atoms with Crippen LogP contribution in [-0.2, 0) is 10.0 Å². The fraction of sp³-hybridized carbons (Fsp3) is 1.00. The van der Waals surface area contributed by atoms with Crippen LogP contribution in [0, 0.1) is 5.41 Å². The summed E-state index contributed by atoms with van der Waals surface area (Å²) >= 11 is 0. The molecule has 0 spiro atoms. The minimum absolute atomic E-state index is 0.00960. The Morgan fingerprint density at radius 2 is 1.87 bits per heavy atom. The summed E-state index contributed by atoms with van der Waals surface area (Å²) in [6, 6.07) is -0.352. The van der Waals surface area contributed by atoms with Crippen LogP contribution in [0.1, 0.15) is 40.5 Å². The minimum Gasteiger partial charge on any atom is -0.395 e. The lowest BCUT2D eigenvalue weighted by molar-refractivity contribution is 0.253. The molecule has 0 saturated carbocycles. The Morgan fingerprint density at radius 1 is 1.33 bits per heavy atom. The summed E-state index contributed by atoms with van der Waals surface area (Å²) in [5.74, 6) is 0.118. The van der Waals surface area contributed by atoms with Crippen LogP contribution in [0.2, 0.25) is 0 Å². The van der Waals surface area contributed by atoms with E-state index in [0.717, 1.165) is 0 Å². The van der Waals surface area contributed by atoms with Gasteiger partial charge in [0.05, 0.1) is 12.4 Å². The van der Waals surface area contributed by atoms with Gasteiger partial charge in [0.25, 0.3) is 0 Å². The van der Waals surface area contributed by atoms with E-state index in [1.54, 1.807) is 0 Å². The Bertz CT molecular complexity index is 263. The van der Waals surface area contributed by atoms with Crippen molar-refractivity contribution >= 4 is 10.0 Å². The van der Waals surface area contributed by atoms with Crippen molar-refractivity contribution in [3.63, 3.8) is 0 Å². The first-order valence-corrected chi connectivity index (χ1v) is 6.96. The summed E-state index contributed by atoms with van der Waals surface area (Å²) in [4.78, 5) is 0. The molecule has 0 aliphatic carbocycles. The maximum absolute atomic E-state index is 11.6. The molecule has 15 heavy (non-hydrogen) atoms. The van der Waals surface area contributed by atoms with Crippen molar-refractivity contribution < 1.29 is 13.5 Å². The smallest absolute Gasteiger partial charge is 0.211 e. The fourth-order valence-electron chi connectivity index (χ4n) is 1.00. The first-order valence-electron chi connectivity index (χ1n) is 5.31. The average Bonchev–Trinajstić information content (AvgIpc) is 2.10. The van der Waals surface area contributed by atoms with E-state index < -0.39 is 10.0 Å².